The number of hydrogen-bond donors (Lipinski definition) is 3. The summed E-state index contributed by atoms with van der Waals surface area (Å²) in [6.45, 7) is 0. The maximum Gasteiger partial charge on any atom is 0.0565 e. The van der Waals surface area contributed by atoms with Crippen LogP contribution in [0.25, 0.3) is 5.70 Å². The molecule has 0 aliphatic rings. The lowest BCUT2D eigenvalue weighted by atomic mass is 10.1. The topological polar surface area (TPSA) is 81.3 Å². The molecule has 0 heterocycles. The van der Waals surface area contributed by atoms with Crippen molar-refractivity contribution in [2.24, 2.45) is 11.6 Å². The average Bonchev–Trinajstić information content (AvgIpc) is 2.00. The van der Waals surface area contributed by atoms with Gasteiger partial charge in [-0.3, -0.25) is 0 Å². The Balaban J connectivity index is 3.07. The van der Waals surface area contributed by atoms with Crippen LogP contribution in [0.1, 0.15) is 5.56 Å². The fourth-order valence-corrected chi connectivity index (χ4v) is 1.32. The highest BCUT2D eigenvalue weighted by molar-refractivity contribution is 6.31. The molecule has 0 radical (unpaired) electrons. The van der Waals surface area contributed by atoms with E-state index in [2.05, 4.69) is 0 Å². The van der Waals surface area contributed by atoms with Crippen LogP contribution in [0.3, 0.4) is 0 Å². The Hall–Kier alpha value is -1.39. The molecule has 0 saturated heterocycles. The molecule has 0 aromatic heterocycles. The summed E-state index contributed by atoms with van der Waals surface area (Å²) in [6.07, 6.45) is 1.59. The summed E-state index contributed by atoms with van der Waals surface area (Å²) in [7, 11) is 1.68. The summed E-state index contributed by atoms with van der Waals surface area (Å²) >= 11 is 5.82. The summed E-state index contributed by atoms with van der Waals surface area (Å²) in [6, 6.07) is 5.12. The van der Waals surface area contributed by atoms with E-state index in [1.165, 1.54) is 5.01 Å². The van der Waals surface area contributed by atoms with Crippen molar-refractivity contribution in [3.8, 4) is 0 Å². The zero-order valence-corrected chi connectivity index (χ0v) is 8.62. The predicted molar refractivity (Wildman–Crippen MR) is 60.0 cm³/mol. The minimum atomic E-state index is 0.518. The number of nitrogen functional groups attached to an aromatic ring is 1. The zero-order valence-electron chi connectivity index (χ0n) is 7.87. The Labute approximate surface area is 87.9 Å². The second-order valence-electron chi connectivity index (χ2n) is 3.02. The molecule has 6 N–H and O–H groups in total. The number of anilines is 1. The summed E-state index contributed by atoms with van der Waals surface area (Å²) in [4.78, 5) is 0. The zero-order chi connectivity index (χ0) is 10.7. The largest absolute Gasteiger partial charge is 0.399 e. The molecule has 1 aromatic rings. The van der Waals surface area contributed by atoms with Crippen molar-refractivity contribution < 1.29 is 0 Å². The molecule has 76 valence electrons. The van der Waals surface area contributed by atoms with Gasteiger partial charge >= 0.3 is 0 Å². The van der Waals surface area contributed by atoms with Crippen molar-refractivity contribution in [1.29, 1.82) is 0 Å². The number of benzene rings is 1. The van der Waals surface area contributed by atoms with E-state index in [4.69, 9.17) is 28.9 Å². The number of halogens is 1. The van der Waals surface area contributed by atoms with E-state index in [9.17, 15) is 0 Å². The average molecular weight is 213 g/mol. The van der Waals surface area contributed by atoms with Gasteiger partial charge in [-0.05, 0) is 18.2 Å². The molecular weight excluding hydrogens is 200 g/mol. The van der Waals surface area contributed by atoms with Crippen LogP contribution >= 0.6 is 11.6 Å². The van der Waals surface area contributed by atoms with Crippen LogP contribution in [0.5, 0.6) is 0 Å². The Morgan fingerprint density at radius 1 is 1.43 bits per heavy atom. The Kier molecular flexibility index (Phi) is 3.22. The van der Waals surface area contributed by atoms with Gasteiger partial charge in [0.2, 0.25) is 0 Å². The molecule has 0 spiro atoms. The van der Waals surface area contributed by atoms with E-state index in [0.29, 0.717) is 16.4 Å². The van der Waals surface area contributed by atoms with Crippen molar-refractivity contribution in [2.45, 2.75) is 0 Å². The maximum atomic E-state index is 5.82. The third-order valence-electron chi connectivity index (χ3n) is 1.60. The van der Waals surface area contributed by atoms with Crippen LogP contribution in [0.2, 0.25) is 5.02 Å². The smallest absolute Gasteiger partial charge is 0.0565 e. The van der Waals surface area contributed by atoms with Crippen molar-refractivity contribution in [3.63, 3.8) is 0 Å². The summed E-state index contributed by atoms with van der Waals surface area (Å²) in [5.41, 5.74) is 13.2. The molecule has 0 aliphatic carbocycles. The molecular formula is C9H13ClN4. The Morgan fingerprint density at radius 3 is 2.57 bits per heavy atom. The molecule has 4 nitrogen and oxygen atoms in total. The minimum Gasteiger partial charge on any atom is -0.399 e. The number of hydrazine groups is 1. The number of rotatable bonds is 2. The predicted octanol–water partition coefficient (Wildman–Crippen LogP) is 0.985. The van der Waals surface area contributed by atoms with Crippen LogP contribution in [-0.2, 0) is 0 Å². The van der Waals surface area contributed by atoms with Gasteiger partial charge in [0.15, 0.2) is 0 Å². The summed E-state index contributed by atoms with van der Waals surface area (Å²) < 4.78 is 0. The maximum absolute atomic E-state index is 5.82. The normalized spacial score (nSPS) is 11.5. The van der Waals surface area contributed by atoms with Crippen LogP contribution in [0.15, 0.2) is 24.4 Å². The van der Waals surface area contributed by atoms with Crippen molar-refractivity contribution in [1.82, 2.24) is 5.01 Å². The standard InChI is InChI=1S/C9H13ClN4/c1-14(13)5-9(12)6-2-7(10)4-8(11)3-6/h2-5H,11-13H2,1H3/b9-5-. The molecule has 0 aliphatic heterocycles. The quantitative estimate of drug-likeness (QED) is 0.388. The van der Waals surface area contributed by atoms with E-state index in [1.54, 1.807) is 31.4 Å². The third-order valence-corrected chi connectivity index (χ3v) is 1.81. The van der Waals surface area contributed by atoms with Gasteiger partial charge in [0, 0.05) is 29.5 Å². The van der Waals surface area contributed by atoms with Crippen molar-refractivity contribution in [2.75, 3.05) is 12.8 Å². The second-order valence-corrected chi connectivity index (χ2v) is 3.46. The highest BCUT2D eigenvalue weighted by Gasteiger charge is 2.00. The monoisotopic (exact) mass is 212 g/mol. The first kappa shape index (κ1) is 10.7. The van der Waals surface area contributed by atoms with Crippen LogP contribution in [-0.4, -0.2) is 12.1 Å². The van der Waals surface area contributed by atoms with E-state index in [0.717, 1.165) is 5.56 Å². The van der Waals surface area contributed by atoms with Gasteiger partial charge < -0.3 is 16.5 Å². The van der Waals surface area contributed by atoms with Gasteiger partial charge in [-0.25, -0.2) is 5.84 Å². The van der Waals surface area contributed by atoms with Gasteiger partial charge in [-0.2, -0.15) is 0 Å². The summed E-state index contributed by atoms with van der Waals surface area (Å²) in [5, 5.41) is 1.92. The molecule has 1 aromatic carbocycles. The number of nitrogens with two attached hydrogens (primary N) is 3. The first-order valence-electron chi connectivity index (χ1n) is 4.00. The second kappa shape index (κ2) is 4.21. The van der Waals surface area contributed by atoms with Gasteiger partial charge in [0.1, 0.15) is 0 Å². The van der Waals surface area contributed by atoms with E-state index in [-0.39, 0.29) is 0 Å². The van der Waals surface area contributed by atoms with Gasteiger partial charge in [0.05, 0.1) is 5.70 Å². The first-order chi connectivity index (χ1) is 6.49. The van der Waals surface area contributed by atoms with E-state index < -0.39 is 0 Å². The lowest BCUT2D eigenvalue weighted by Gasteiger charge is -2.08. The molecule has 0 bridgehead atoms. The minimum absolute atomic E-state index is 0.518. The number of nitrogens with zero attached hydrogens (tertiary/aromatic N) is 1. The summed E-state index contributed by atoms with van der Waals surface area (Å²) in [5.74, 6) is 5.42. The lowest BCUT2D eigenvalue weighted by Crippen LogP contribution is -2.20. The van der Waals surface area contributed by atoms with Gasteiger partial charge in [-0.15, -0.1) is 0 Å². The van der Waals surface area contributed by atoms with Crippen LogP contribution < -0.4 is 17.3 Å². The molecule has 0 unspecified atom stereocenters. The molecule has 5 heteroatoms. The lowest BCUT2D eigenvalue weighted by molar-refractivity contribution is 0.486. The highest BCUT2D eigenvalue weighted by Crippen LogP contribution is 2.19. The number of hydrogen-bond acceptors (Lipinski definition) is 4. The fraction of sp³-hybridized carbons (Fsp3) is 0.111. The first-order valence-corrected chi connectivity index (χ1v) is 4.38. The van der Waals surface area contributed by atoms with Gasteiger partial charge in [-0.1, -0.05) is 11.6 Å². The SMILES string of the molecule is CN(N)/C=C(\N)c1cc(N)cc(Cl)c1. The highest BCUT2D eigenvalue weighted by atomic mass is 35.5. The molecule has 14 heavy (non-hydrogen) atoms. The molecule has 0 atom stereocenters. The van der Waals surface area contributed by atoms with Crippen molar-refractivity contribution >= 4 is 23.0 Å². The van der Waals surface area contributed by atoms with Crippen LogP contribution in [0.4, 0.5) is 5.69 Å². The Morgan fingerprint density at radius 2 is 2.07 bits per heavy atom. The molecule has 0 fully saturated rings. The third kappa shape index (κ3) is 2.83. The van der Waals surface area contributed by atoms with Gasteiger partial charge in [0.25, 0.3) is 0 Å². The van der Waals surface area contributed by atoms with Crippen LogP contribution in [0, 0.1) is 0 Å². The van der Waals surface area contributed by atoms with Crippen molar-refractivity contribution in [3.05, 3.63) is 35.0 Å². The fourth-order valence-electron chi connectivity index (χ4n) is 1.07. The van der Waals surface area contributed by atoms with E-state index >= 15 is 0 Å². The van der Waals surface area contributed by atoms with E-state index in [1.807, 2.05) is 0 Å². The molecule has 0 amide bonds. The molecule has 0 saturated carbocycles. The Bertz CT molecular complexity index is 340. The molecule has 1 rings (SSSR count).